The molecule has 2 aromatic carbocycles. The molecule has 0 spiro atoms. The first kappa shape index (κ1) is 12.1. The van der Waals surface area contributed by atoms with E-state index in [1.165, 1.54) is 0 Å². The fourth-order valence-corrected chi connectivity index (χ4v) is 1.32. The Labute approximate surface area is 105 Å². The summed E-state index contributed by atoms with van der Waals surface area (Å²) < 4.78 is 4.87. The van der Waals surface area contributed by atoms with Crippen LogP contribution in [0.25, 0.3) is 0 Å². The van der Waals surface area contributed by atoms with Crippen molar-refractivity contribution in [3.05, 3.63) is 66.2 Å². The van der Waals surface area contributed by atoms with E-state index in [1.807, 2.05) is 36.4 Å². The van der Waals surface area contributed by atoms with Crippen molar-refractivity contribution in [2.24, 2.45) is 0 Å². The fourth-order valence-electron chi connectivity index (χ4n) is 1.32. The molecule has 18 heavy (non-hydrogen) atoms. The first-order chi connectivity index (χ1) is 8.84. The van der Waals surface area contributed by atoms with Gasteiger partial charge in [0.1, 0.15) is 12.4 Å². The molecule has 0 heterocycles. The molecule has 0 aliphatic heterocycles. The minimum atomic E-state index is -0.892. The van der Waals surface area contributed by atoms with Crippen LogP contribution in [-0.2, 0) is 16.4 Å². The molecule has 0 aromatic heterocycles. The maximum atomic E-state index is 11.2. The van der Waals surface area contributed by atoms with Crippen LogP contribution in [0.1, 0.15) is 5.56 Å². The maximum absolute atomic E-state index is 11.2. The zero-order valence-electron chi connectivity index (χ0n) is 9.61. The van der Waals surface area contributed by atoms with E-state index in [1.54, 1.807) is 24.3 Å². The van der Waals surface area contributed by atoms with Crippen LogP contribution in [0.5, 0.6) is 5.75 Å². The van der Waals surface area contributed by atoms with E-state index < -0.39 is 6.16 Å². The summed E-state index contributed by atoms with van der Waals surface area (Å²) in [6.07, 6.45) is -0.892. The Kier molecular flexibility index (Phi) is 4.33. The van der Waals surface area contributed by atoms with Gasteiger partial charge in [-0.05, 0) is 17.7 Å². The molecule has 0 unspecified atom stereocenters. The van der Waals surface area contributed by atoms with E-state index in [2.05, 4.69) is 4.89 Å². The van der Waals surface area contributed by atoms with Crippen LogP contribution in [0.15, 0.2) is 60.7 Å². The second-order valence-corrected chi connectivity index (χ2v) is 3.50. The van der Waals surface area contributed by atoms with Crippen molar-refractivity contribution in [3.8, 4) is 5.75 Å². The van der Waals surface area contributed by atoms with E-state index in [0.717, 1.165) is 5.56 Å². The predicted octanol–water partition coefficient (Wildman–Crippen LogP) is 3.33. The summed E-state index contributed by atoms with van der Waals surface area (Å²) in [4.78, 5) is 20.5. The van der Waals surface area contributed by atoms with E-state index in [0.29, 0.717) is 5.75 Å². The maximum Gasteiger partial charge on any atom is 0.546 e. The number of ether oxygens (including phenoxy) is 1. The third kappa shape index (κ3) is 3.92. The molecular weight excluding hydrogens is 232 g/mol. The highest BCUT2D eigenvalue weighted by atomic mass is 17.2. The second kappa shape index (κ2) is 6.42. The first-order valence-corrected chi connectivity index (χ1v) is 5.45. The molecule has 0 amide bonds. The van der Waals surface area contributed by atoms with Crippen LogP contribution in [0.3, 0.4) is 0 Å². The fraction of sp³-hybridized carbons (Fsp3) is 0.0714. The highest BCUT2D eigenvalue weighted by molar-refractivity contribution is 5.62. The monoisotopic (exact) mass is 244 g/mol. The SMILES string of the molecule is O=C(OOCc1ccccc1)Oc1ccccc1. The van der Waals surface area contributed by atoms with Gasteiger partial charge in [-0.3, -0.25) is 4.89 Å². The molecule has 0 aliphatic rings. The molecule has 0 bridgehead atoms. The molecule has 0 N–H and O–H groups in total. The van der Waals surface area contributed by atoms with Crippen LogP contribution in [0.4, 0.5) is 4.79 Å². The van der Waals surface area contributed by atoms with E-state index >= 15 is 0 Å². The first-order valence-electron chi connectivity index (χ1n) is 5.45. The lowest BCUT2D eigenvalue weighted by atomic mass is 10.2. The van der Waals surface area contributed by atoms with Crippen LogP contribution in [0, 0.1) is 0 Å². The number of rotatable bonds is 4. The molecule has 0 atom stereocenters. The summed E-state index contributed by atoms with van der Waals surface area (Å²) in [6, 6.07) is 18.0. The highest BCUT2D eigenvalue weighted by Crippen LogP contribution is 2.09. The molecule has 2 aromatic rings. The van der Waals surface area contributed by atoms with Gasteiger partial charge >= 0.3 is 6.16 Å². The van der Waals surface area contributed by atoms with Gasteiger partial charge in [0, 0.05) is 0 Å². The molecule has 0 saturated carbocycles. The standard InChI is InChI=1S/C14H12O4/c15-14(17-13-9-5-2-6-10-13)18-16-11-12-7-3-1-4-8-12/h1-10H,11H2. The molecule has 0 fully saturated rings. The molecule has 0 saturated heterocycles. The van der Waals surface area contributed by atoms with E-state index in [4.69, 9.17) is 9.62 Å². The number of para-hydroxylation sites is 1. The van der Waals surface area contributed by atoms with Crippen LogP contribution < -0.4 is 4.74 Å². The van der Waals surface area contributed by atoms with Crippen LogP contribution in [0.2, 0.25) is 0 Å². The van der Waals surface area contributed by atoms with Gasteiger partial charge in [-0.2, -0.15) is 4.89 Å². The highest BCUT2D eigenvalue weighted by Gasteiger charge is 2.06. The predicted molar refractivity (Wildman–Crippen MR) is 64.8 cm³/mol. The number of carbonyl (C=O) groups is 1. The number of benzene rings is 2. The Morgan fingerprint density at radius 1 is 0.889 bits per heavy atom. The van der Waals surface area contributed by atoms with Gasteiger partial charge in [-0.15, -0.1) is 0 Å². The molecule has 4 nitrogen and oxygen atoms in total. The zero-order chi connectivity index (χ0) is 12.6. The Morgan fingerprint density at radius 3 is 2.17 bits per heavy atom. The van der Waals surface area contributed by atoms with Gasteiger partial charge in [0.05, 0.1) is 0 Å². The second-order valence-electron chi connectivity index (χ2n) is 3.50. The molecule has 92 valence electrons. The quantitative estimate of drug-likeness (QED) is 0.358. The summed E-state index contributed by atoms with van der Waals surface area (Å²) in [5.74, 6) is 0.408. The van der Waals surface area contributed by atoms with Crippen molar-refractivity contribution in [3.63, 3.8) is 0 Å². The Morgan fingerprint density at radius 2 is 1.50 bits per heavy atom. The van der Waals surface area contributed by atoms with Crippen molar-refractivity contribution in [2.75, 3.05) is 0 Å². The van der Waals surface area contributed by atoms with Gasteiger partial charge in [0.2, 0.25) is 0 Å². The average Bonchev–Trinajstić information content (AvgIpc) is 2.41. The van der Waals surface area contributed by atoms with Gasteiger partial charge in [-0.1, -0.05) is 48.5 Å². The van der Waals surface area contributed by atoms with Crippen LogP contribution in [-0.4, -0.2) is 6.16 Å². The summed E-state index contributed by atoms with van der Waals surface area (Å²) >= 11 is 0. The van der Waals surface area contributed by atoms with Gasteiger partial charge in [0.25, 0.3) is 0 Å². The van der Waals surface area contributed by atoms with Crippen molar-refractivity contribution in [2.45, 2.75) is 6.61 Å². The van der Waals surface area contributed by atoms with Gasteiger partial charge in [0.15, 0.2) is 0 Å². The zero-order valence-corrected chi connectivity index (χ0v) is 9.61. The Bertz CT molecular complexity index is 482. The van der Waals surface area contributed by atoms with Crippen molar-refractivity contribution < 1.29 is 19.3 Å². The molecular formula is C14H12O4. The van der Waals surface area contributed by atoms with E-state index in [-0.39, 0.29) is 6.61 Å². The van der Waals surface area contributed by atoms with E-state index in [9.17, 15) is 4.79 Å². The Balaban J connectivity index is 1.73. The van der Waals surface area contributed by atoms with Crippen molar-refractivity contribution >= 4 is 6.16 Å². The summed E-state index contributed by atoms with van der Waals surface area (Å²) in [5.41, 5.74) is 0.907. The molecule has 0 aliphatic carbocycles. The number of hydrogen-bond donors (Lipinski definition) is 0. The Hall–Kier alpha value is -2.33. The molecule has 4 heteroatoms. The minimum Gasteiger partial charge on any atom is -0.393 e. The van der Waals surface area contributed by atoms with Gasteiger partial charge in [-0.25, -0.2) is 4.79 Å². The lowest BCUT2D eigenvalue weighted by Crippen LogP contribution is -2.11. The summed E-state index contributed by atoms with van der Waals surface area (Å²) in [7, 11) is 0. The summed E-state index contributed by atoms with van der Waals surface area (Å²) in [6.45, 7) is 0.185. The smallest absolute Gasteiger partial charge is 0.393 e. The van der Waals surface area contributed by atoms with Crippen LogP contribution >= 0.6 is 0 Å². The largest absolute Gasteiger partial charge is 0.546 e. The van der Waals surface area contributed by atoms with Crippen molar-refractivity contribution in [1.29, 1.82) is 0 Å². The topological polar surface area (TPSA) is 44.8 Å². The lowest BCUT2D eigenvalue weighted by Gasteiger charge is -2.04. The lowest BCUT2D eigenvalue weighted by molar-refractivity contribution is -0.258. The third-order valence-corrected chi connectivity index (χ3v) is 2.14. The third-order valence-electron chi connectivity index (χ3n) is 2.14. The number of carbonyl (C=O) groups excluding carboxylic acids is 1. The number of hydrogen-bond acceptors (Lipinski definition) is 4. The minimum absolute atomic E-state index is 0.185. The van der Waals surface area contributed by atoms with Crippen molar-refractivity contribution in [1.82, 2.24) is 0 Å². The average molecular weight is 244 g/mol. The molecule has 0 radical (unpaired) electrons. The normalized spacial score (nSPS) is 9.78. The molecule has 2 rings (SSSR count). The summed E-state index contributed by atoms with van der Waals surface area (Å²) in [5, 5.41) is 0. The van der Waals surface area contributed by atoms with Gasteiger partial charge < -0.3 is 4.74 Å².